The minimum atomic E-state index is 0.125. The Hall–Kier alpha value is -4.46. The van der Waals surface area contributed by atoms with Crippen LogP contribution in [0.5, 0.6) is 11.5 Å². The highest BCUT2D eigenvalue weighted by Gasteiger charge is 2.14. The predicted molar refractivity (Wildman–Crippen MR) is 152 cm³/mol. The summed E-state index contributed by atoms with van der Waals surface area (Å²) in [6, 6.07) is 22.3. The van der Waals surface area contributed by atoms with Gasteiger partial charge < -0.3 is 14.0 Å². The third-order valence-corrected chi connectivity index (χ3v) is 6.47. The van der Waals surface area contributed by atoms with Gasteiger partial charge in [-0.05, 0) is 53.3 Å². The van der Waals surface area contributed by atoms with E-state index in [1.807, 2.05) is 36.4 Å². The van der Waals surface area contributed by atoms with Crippen LogP contribution in [-0.2, 0) is 18.6 Å². The molecule has 0 aliphatic carbocycles. The highest BCUT2D eigenvalue weighted by atomic mass is 16.5. The van der Waals surface area contributed by atoms with Crippen LogP contribution in [0.2, 0.25) is 0 Å². The van der Waals surface area contributed by atoms with Gasteiger partial charge in [0.15, 0.2) is 17.1 Å². The number of hydrogen-bond donors (Lipinski definition) is 1. The molecule has 0 aliphatic rings. The van der Waals surface area contributed by atoms with E-state index in [0.29, 0.717) is 24.1 Å². The van der Waals surface area contributed by atoms with Crippen LogP contribution >= 0.6 is 0 Å². The summed E-state index contributed by atoms with van der Waals surface area (Å²) in [6.45, 7) is 9.94. The van der Waals surface area contributed by atoms with Crippen molar-refractivity contribution in [1.82, 2.24) is 19.7 Å². The van der Waals surface area contributed by atoms with E-state index in [9.17, 15) is 0 Å². The molecule has 1 N–H and O–H groups in total. The van der Waals surface area contributed by atoms with Crippen LogP contribution in [0.15, 0.2) is 71.8 Å². The lowest BCUT2D eigenvalue weighted by molar-refractivity contribution is 0.284. The number of benzene rings is 3. The first-order valence-electron chi connectivity index (χ1n) is 12.7. The van der Waals surface area contributed by atoms with Crippen LogP contribution < -0.4 is 14.9 Å². The molecule has 0 aliphatic heterocycles. The summed E-state index contributed by atoms with van der Waals surface area (Å²) >= 11 is 0. The molecule has 0 saturated heterocycles. The minimum absolute atomic E-state index is 0.125. The van der Waals surface area contributed by atoms with Crippen molar-refractivity contribution in [3.8, 4) is 11.5 Å². The lowest BCUT2D eigenvalue weighted by Crippen LogP contribution is -2.10. The monoisotopic (exact) mass is 508 g/mol. The van der Waals surface area contributed by atoms with Gasteiger partial charge in [-0.3, -0.25) is 0 Å². The maximum Gasteiger partial charge on any atom is 0.265 e. The Morgan fingerprint density at radius 2 is 1.76 bits per heavy atom. The van der Waals surface area contributed by atoms with Crippen LogP contribution in [0.1, 0.15) is 44.4 Å². The van der Waals surface area contributed by atoms with Gasteiger partial charge in [-0.2, -0.15) is 10.1 Å². The van der Waals surface area contributed by atoms with Crippen molar-refractivity contribution in [2.75, 3.05) is 12.5 Å². The fraction of sp³-hybridized carbons (Fsp3) is 0.267. The number of para-hydroxylation sites is 1. The molecular formula is C30H32N6O2. The molecule has 0 unspecified atom stereocenters. The zero-order chi connectivity index (χ0) is 26.7. The van der Waals surface area contributed by atoms with Crippen LogP contribution in [0, 0.1) is 0 Å². The van der Waals surface area contributed by atoms with Gasteiger partial charge in [0.25, 0.3) is 5.95 Å². The van der Waals surface area contributed by atoms with E-state index in [1.54, 1.807) is 13.3 Å². The third kappa shape index (κ3) is 5.16. The number of ether oxygens (including phenoxy) is 2. The van der Waals surface area contributed by atoms with Gasteiger partial charge in [-0.25, -0.2) is 5.43 Å². The number of fused-ring (bicyclic) bond motifs is 3. The van der Waals surface area contributed by atoms with E-state index in [2.05, 4.69) is 88.3 Å². The molecule has 0 saturated carbocycles. The summed E-state index contributed by atoms with van der Waals surface area (Å²) in [6.07, 6.45) is 1.68. The fourth-order valence-electron chi connectivity index (χ4n) is 4.38. The van der Waals surface area contributed by atoms with Gasteiger partial charge in [0.1, 0.15) is 12.1 Å². The molecule has 0 amide bonds. The molecule has 0 fully saturated rings. The lowest BCUT2D eigenvalue weighted by atomic mass is 9.87. The van der Waals surface area contributed by atoms with Gasteiger partial charge in [0.2, 0.25) is 0 Å². The van der Waals surface area contributed by atoms with E-state index >= 15 is 0 Å². The number of anilines is 1. The SMILES string of the molecule is CCn1c2ccccc2c2nnc(N/N=C/c3ccc(OCc4ccc(C(C)(C)C)cc4)c(OC)c3)nc21. The molecule has 5 aromatic rings. The van der Waals surface area contributed by atoms with E-state index in [0.717, 1.165) is 39.7 Å². The molecule has 194 valence electrons. The molecule has 8 heteroatoms. The van der Waals surface area contributed by atoms with Crippen LogP contribution in [0.4, 0.5) is 5.95 Å². The summed E-state index contributed by atoms with van der Waals surface area (Å²) in [5.74, 6) is 1.63. The van der Waals surface area contributed by atoms with Crippen molar-refractivity contribution in [2.24, 2.45) is 5.10 Å². The smallest absolute Gasteiger partial charge is 0.265 e. The maximum absolute atomic E-state index is 6.04. The molecule has 8 nitrogen and oxygen atoms in total. The zero-order valence-electron chi connectivity index (χ0n) is 22.4. The number of methoxy groups -OCH3 is 1. The molecule has 2 heterocycles. The first kappa shape index (κ1) is 25.2. The highest BCUT2D eigenvalue weighted by molar-refractivity contribution is 6.04. The molecule has 38 heavy (non-hydrogen) atoms. The standard InChI is InChI=1S/C30H32N6O2/c1-6-36-24-10-8-7-9-23(24)27-28(36)32-29(35-33-27)34-31-18-21-13-16-25(26(17-21)37-5)38-19-20-11-14-22(15-12-20)30(2,3)4/h7-18H,6,19H2,1-5H3,(H,32,34,35)/b31-18+. The zero-order valence-corrected chi connectivity index (χ0v) is 22.4. The molecule has 2 aromatic heterocycles. The Labute approximate surface area is 222 Å². The lowest BCUT2D eigenvalue weighted by Gasteiger charge is -2.19. The second-order valence-electron chi connectivity index (χ2n) is 10.1. The molecular weight excluding hydrogens is 476 g/mol. The number of hydrazone groups is 1. The van der Waals surface area contributed by atoms with Crippen molar-refractivity contribution in [2.45, 2.75) is 46.3 Å². The quantitative estimate of drug-likeness (QED) is 0.195. The molecule has 0 radical (unpaired) electrons. The van der Waals surface area contributed by atoms with Gasteiger partial charge >= 0.3 is 0 Å². The first-order valence-corrected chi connectivity index (χ1v) is 12.7. The van der Waals surface area contributed by atoms with Gasteiger partial charge in [0, 0.05) is 11.9 Å². The largest absolute Gasteiger partial charge is 0.493 e. The topological polar surface area (TPSA) is 86.5 Å². The second-order valence-corrected chi connectivity index (χ2v) is 10.1. The molecule has 0 spiro atoms. The Bertz CT molecular complexity index is 1600. The number of aromatic nitrogens is 4. The first-order chi connectivity index (χ1) is 18.4. The number of rotatable bonds is 8. The van der Waals surface area contributed by atoms with E-state index in [1.165, 1.54) is 5.56 Å². The van der Waals surface area contributed by atoms with Crippen LogP contribution in [0.3, 0.4) is 0 Å². The van der Waals surface area contributed by atoms with Gasteiger partial charge in [0.05, 0.1) is 18.8 Å². The maximum atomic E-state index is 6.04. The van der Waals surface area contributed by atoms with Crippen molar-refractivity contribution in [1.29, 1.82) is 0 Å². The average molecular weight is 509 g/mol. The number of hydrogen-bond acceptors (Lipinski definition) is 7. The normalized spacial score (nSPS) is 11.9. The molecule has 0 atom stereocenters. The number of nitrogens with zero attached hydrogens (tertiary/aromatic N) is 5. The second kappa shape index (κ2) is 10.5. The van der Waals surface area contributed by atoms with Crippen molar-refractivity contribution >= 4 is 34.2 Å². The highest BCUT2D eigenvalue weighted by Crippen LogP contribution is 2.29. The Morgan fingerprint density at radius 3 is 2.50 bits per heavy atom. The summed E-state index contributed by atoms with van der Waals surface area (Å²) in [5, 5.41) is 14.0. The van der Waals surface area contributed by atoms with Crippen LogP contribution in [0.25, 0.3) is 22.1 Å². The molecule has 0 bridgehead atoms. The van der Waals surface area contributed by atoms with E-state index in [4.69, 9.17) is 9.47 Å². The minimum Gasteiger partial charge on any atom is -0.493 e. The molecule has 3 aromatic carbocycles. The van der Waals surface area contributed by atoms with Crippen molar-refractivity contribution in [3.05, 3.63) is 83.4 Å². The molecule has 5 rings (SSSR count). The number of aryl methyl sites for hydroxylation is 1. The Kier molecular flexibility index (Phi) is 6.96. The Morgan fingerprint density at radius 1 is 0.974 bits per heavy atom. The summed E-state index contributed by atoms with van der Waals surface area (Å²) in [7, 11) is 1.63. The average Bonchev–Trinajstić information content (AvgIpc) is 3.24. The summed E-state index contributed by atoms with van der Waals surface area (Å²) in [5.41, 5.74) is 8.90. The van der Waals surface area contributed by atoms with Crippen molar-refractivity contribution < 1.29 is 9.47 Å². The number of nitrogens with one attached hydrogen (secondary N) is 1. The van der Waals surface area contributed by atoms with E-state index < -0.39 is 0 Å². The van der Waals surface area contributed by atoms with E-state index in [-0.39, 0.29) is 5.41 Å². The third-order valence-electron chi connectivity index (χ3n) is 6.47. The van der Waals surface area contributed by atoms with Gasteiger partial charge in [-0.1, -0.05) is 63.2 Å². The fourth-order valence-corrected chi connectivity index (χ4v) is 4.38. The predicted octanol–water partition coefficient (Wildman–Crippen LogP) is 6.33. The van der Waals surface area contributed by atoms with Crippen LogP contribution in [-0.4, -0.2) is 33.1 Å². The Balaban J connectivity index is 1.27. The summed E-state index contributed by atoms with van der Waals surface area (Å²) < 4.78 is 13.7. The summed E-state index contributed by atoms with van der Waals surface area (Å²) in [4.78, 5) is 4.65. The van der Waals surface area contributed by atoms with Gasteiger partial charge in [-0.15, -0.1) is 10.2 Å². The van der Waals surface area contributed by atoms with Crippen molar-refractivity contribution in [3.63, 3.8) is 0 Å².